The van der Waals surface area contributed by atoms with Crippen LogP contribution in [-0.4, -0.2) is 51.3 Å². The standard InChI is InChI=1S/C29H35NO8S/c1-16(2)20-14-21-19(13-26(31)38-23(21)10-17(20)3)15-37-29(33)22(8-9-39-7)30-28(32)18-11-24(34-4)27(36-6)25(12-18)35-5/h10-14,16,22H,8-9,15H2,1-7H3,(H,30,32)/t22-/m0/s1. The van der Waals surface area contributed by atoms with Gasteiger partial charge in [0.2, 0.25) is 5.75 Å². The lowest BCUT2D eigenvalue weighted by Crippen LogP contribution is -2.42. The molecule has 1 atom stereocenters. The molecule has 1 heterocycles. The van der Waals surface area contributed by atoms with Gasteiger partial charge in [-0.15, -0.1) is 0 Å². The maximum absolute atomic E-state index is 13.2. The largest absolute Gasteiger partial charge is 0.493 e. The summed E-state index contributed by atoms with van der Waals surface area (Å²) in [5.41, 5.74) is 2.80. The fraction of sp³-hybridized carbons (Fsp3) is 0.414. The normalized spacial score (nSPS) is 11.8. The van der Waals surface area contributed by atoms with Crippen LogP contribution in [0.15, 0.2) is 39.5 Å². The number of aryl methyl sites for hydroxylation is 1. The predicted molar refractivity (Wildman–Crippen MR) is 151 cm³/mol. The number of benzene rings is 2. The Morgan fingerprint density at radius 1 is 1.00 bits per heavy atom. The number of methoxy groups -OCH3 is 3. The van der Waals surface area contributed by atoms with Crippen LogP contribution < -0.4 is 25.2 Å². The maximum atomic E-state index is 13.2. The Labute approximate surface area is 232 Å². The third kappa shape index (κ3) is 7.06. The summed E-state index contributed by atoms with van der Waals surface area (Å²) in [5, 5.41) is 3.47. The van der Waals surface area contributed by atoms with Gasteiger partial charge < -0.3 is 28.7 Å². The molecule has 0 aliphatic rings. The number of rotatable bonds is 12. The van der Waals surface area contributed by atoms with Crippen LogP contribution in [0, 0.1) is 6.92 Å². The lowest BCUT2D eigenvalue weighted by molar-refractivity contribution is -0.147. The summed E-state index contributed by atoms with van der Waals surface area (Å²) >= 11 is 1.54. The van der Waals surface area contributed by atoms with Crippen LogP contribution in [0.25, 0.3) is 11.0 Å². The van der Waals surface area contributed by atoms with Gasteiger partial charge in [0.15, 0.2) is 11.5 Å². The average Bonchev–Trinajstić information content (AvgIpc) is 2.91. The molecule has 0 bridgehead atoms. The van der Waals surface area contributed by atoms with Crippen molar-refractivity contribution in [3.63, 3.8) is 0 Å². The highest BCUT2D eigenvalue weighted by Gasteiger charge is 2.25. The van der Waals surface area contributed by atoms with Crippen LogP contribution in [0.4, 0.5) is 0 Å². The van der Waals surface area contributed by atoms with Crippen molar-refractivity contribution in [3.05, 3.63) is 63.0 Å². The molecule has 0 spiro atoms. The smallest absolute Gasteiger partial charge is 0.336 e. The predicted octanol–water partition coefficient (Wildman–Crippen LogP) is 4.85. The molecule has 9 nitrogen and oxygen atoms in total. The summed E-state index contributed by atoms with van der Waals surface area (Å²) in [7, 11) is 4.38. The SMILES string of the molecule is COc1cc(C(=O)N[C@@H](CCSC)C(=O)OCc2cc(=O)oc3cc(C)c(C(C)C)cc23)cc(OC)c1OC. The van der Waals surface area contributed by atoms with E-state index < -0.39 is 23.5 Å². The highest BCUT2D eigenvalue weighted by Crippen LogP contribution is 2.38. The van der Waals surface area contributed by atoms with Gasteiger partial charge in [-0.2, -0.15) is 11.8 Å². The first kappa shape index (κ1) is 29.9. The molecule has 39 heavy (non-hydrogen) atoms. The fourth-order valence-corrected chi connectivity index (χ4v) is 4.79. The highest BCUT2D eigenvalue weighted by molar-refractivity contribution is 7.98. The quantitative estimate of drug-likeness (QED) is 0.247. The molecular weight excluding hydrogens is 522 g/mol. The summed E-state index contributed by atoms with van der Waals surface area (Å²) in [6.45, 7) is 5.99. The van der Waals surface area contributed by atoms with Gasteiger partial charge in [-0.3, -0.25) is 4.79 Å². The molecule has 0 fully saturated rings. The van der Waals surface area contributed by atoms with Gasteiger partial charge in [0, 0.05) is 22.6 Å². The van der Waals surface area contributed by atoms with E-state index >= 15 is 0 Å². The Bertz CT molecular complexity index is 1370. The van der Waals surface area contributed by atoms with Crippen molar-refractivity contribution >= 4 is 34.6 Å². The summed E-state index contributed by atoms with van der Waals surface area (Å²) in [6.07, 6.45) is 2.26. The minimum absolute atomic E-state index is 0.142. The number of hydrogen-bond acceptors (Lipinski definition) is 9. The second kappa shape index (κ2) is 13.4. The molecule has 0 saturated carbocycles. The summed E-state index contributed by atoms with van der Waals surface area (Å²) in [4.78, 5) is 38.5. The van der Waals surface area contributed by atoms with Gasteiger partial charge in [0.05, 0.1) is 21.3 Å². The van der Waals surface area contributed by atoms with Crippen molar-refractivity contribution in [3.8, 4) is 17.2 Å². The van der Waals surface area contributed by atoms with Crippen LogP contribution in [0.1, 0.15) is 53.2 Å². The highest BCUT2D eigenvalue weighted by atomic mass is 32.2. The van der Waals surface area contributed by atoms with E-state index in [1.165, 1.54) is 39.5 Å². The van der Waals surface area contributed by atoms with Crippen molar-refractivity contribution in [2.75, 3.05) is 33.3 Å². The van der Waals surface area contributed by atoms with E-state index in [-0.39, 0.29) is 18.1 Å². The van der Waals surface area contributed by atoms with E-state index in [1.807, 2.05) is 25.3 Å². The molecule has 1 aromatic heterocycles. The van der Waals surface area contributed by atoms with Crippen molar-refractivity contribution in [2.45, 2.75) is 45.8 Å². The molecule has 0 radical (unpaired) electrons. The second-order valence-corrected chi connectivity index (χ2v) is 10.3. The molecule has 0 unspecified atom stereocenters. The number of esters is 1. The lowest BCUT2D eigenvalue weighted by Gasteiger charge is -2.19. The fourth-order valence-electron chi connectivity index (χ4n) is 4.32. The number of hydrogen-bond donors (Lipinski definition) is 1. The Morgan fingerprint density at radius 3 is 2.23 bits per heavy atom. The summed E-state index contributed by atoms with van der Waals surface area (Å²) < 4.78 is 27.0. The number of carbonyl (C=O) groups is 2. The van der Waals surface area contributed by atoms with E-state index in [0.29, 0.717) is 46.0 Å². The Balaban J connectivity index is 1.85. The Kier molecular flexibility index (Phi) is 10.3. The van der Waals surface area contributed by atoms with Crippen LogP contribution in [-0.2, 0) is 16.1 Å². The van der Waals surface area contributed by atoms with Crippen LogP contribution in [0.2, 0.25) is 0 Å². The average molecular weight is 558 g/mol. The van der Waals surface area contributed by atoms with Gasteiger partial charge in [0.25, 0.3) is 5.91 Å². The van der Waals surface area contributed by atoms with E-state index in [2.05, 4.69) is 19.2 Å². The minimum atomic E-state index is -0.913. The first-order chi connectivity index (χ1) is 18.6. The summed E-state index contributed by atoms with van der Waals surface area (Å²) in [6, 6.07) is 7.24. The zero-order valence-electron chi connectivity index (χ0n) is 23.3. The topological polar surface area (TPSA) is 113 Å². The number of fused-ring (bicyclic) bond motifs is 1. The van der Waals surface area contributed by atoms with E-state index in [9.17, 15) is 14.4 Å². The third-order valence-corrected chi connectivity index (χ3v) is 6.98. The molecule has 210 valence electrons. The van der Waals surface area contributed by atoms with Crippen LogP contribution in [0.5, 0.6) is 17.2 Å². The van der Waals surface area contributed by atoms with Gasteiger partial charge in [-0.25, -0.2) is 9.59 Å². The van der Waals surface area contributed by atoms with E-state index in [4.69, 9.17) is 23.4 Å². The van der Waals surface area contributed by atoms with Gasteiger partial charge in [0.1, 0.15) is 18.2 Å². The van der Waals surface area contributed by atoms with Crippen molar-refractivity contribution in [2.24, 2.45) is 0 Å². The maximum Gasteiger partial charge on any atom is 0.336 e. The molecule has 2 aromatic carbocycles. The zero-order chi connectivity index (χ0) is 28.7. The van der Waals surface area contributed by atoms with E-state index in [1.54, 1.807) is 11.8 Å². The summed E-state index contributed by atoms with van der Waals surface area (Å²) in [5.74, 6) is 0.752. The van der Waals surface area contributed by atoms with Gasteiger partial charge in [-0.05, 0) is 66.7 Å². The van der Waals surface area contributed by atoms with Gasteiger partial charge >= 0.3 is 11.6 Å². The number of amides is 1. The molecule has 1 N–H and O–H groups in total. The Morgan fingerprint density at radius 2 is 1.67 bits per heavy atom. The van der Waals surface area contributed by atoms with Crippen molar-refractivity contribution < 1.29 is 33.0 Å². The zero-order valence-corrected chi connectivity index (χ0v) is 24.2. The molecule has 10 heteroatoms. The molecule has 1 amide bonds. The lowest BCUT2D eigenvalue weighted by atomic mass is 9.95. The molecule has 3 aromatic rings. The monoisotopic (exact) mass is 557 g/mol. The molecular formula is C29H35NO8S. The number of ether oxygens (including phenoxy) is 4. The number of thioether (sulfide) groups is 1. The molecule has 0 aliphatic carbocycles. The second-order valence-electron chi connectivity index (χ2n) is 9.28. The molecule has 0 aliphatic heterocycles. The van der Waals surface area contributed by atoms with Crippen molar-refractivity contribution in [1.29, 1.82) is 0 Å². The third-order valence-electron chi connectivity index (χ3n) is 6.34. The first-order valence-electron chi connectivity index (χ1n) is 12.5. The van der Waals surface area contributed by atoms with E-state index in [0.717, 1.165) is 11.1 Å². The molecule has 0 saturated heterocycles. The first-order valence-corrected chi connectivity index (χ1v) is 13.9. The number of nitrogens with one attached hydrogen (secondary N) is 1. The molecule has 3 rings (SSSR count). The number of carbonyl (C=O) groups excluding carboxylic acids is 2. The Hall–Kier alpha value is -3.66. The van der Waals surface area contributed by atoms with Gasteiger partial charge in [-0.1, -0.05) is 13.8 Å². The van der Waals surface area contributed by atoms with Crippen molar-refractivity contribution in [1.82, 2.24) is 5.32 Å². The van der Waals surface area contributed by atoms with Crippen LogP contribution >= 0.6 is 11.8 Å². The van der Waals surface area contributed by atoms with Crippen LogP contribution in [0.3, 0.4) is 0 Å². The minimum Gasteiger partial charge on any atom is -0.493 e.